The lowest BCUT2D eigenvalue weighted by molar-refractivity contribution is -0.123. The minimum Gasteiger partial charge on any atom is -0.493 e. The van der Waals surface area contributed by atoms with E-state index in [1.54, 1.807) is 0 Å². The summed E-state index contributed by atoms with van der Waals surface area (Å²) in [5.41, 5.74) is 1.02. The molecule has 3 nitrogen and oxygen atoms in total. The Morgan fingerprint density at radius 2 is 2.30 bits per heavy atom. The highest BCUT2D eigenvalue weighted by atomic mass is 32.2. The molecule has 2 rings (SSSR count). The Morgan fingerprint density at radius 3 is 3.10 bits per heavy atom. The molecule has 0 bridgehead atoms. The van der Waals surface area contributed by atoms with Crippen LogP contribution in [-0.4, -0.2) is 30.1 Å². The molecule has 0 saturated carbocycles. The molecular weight excluding hydrogens is 270 g/mol. The number of thioether (sulfide) groups is 1. The summed E-state index contributed by atoms with van der Waals surface area (Å²) in [5, 5.41) is 3.14. The van der Waals surface area contributed by atoms with Gasteiger partial charge in [-0.1, -0.05) is 25.1 Å². The van der Waals surface area contributed by atoms with E-state index in [1.807, 2.05) is 36.0 Å². The van der Waals surface area contributed by atoms with Crippen molar-refractivity contribution in [3.8, 4) is 5.75 Å². The smallest absolute Gasteiger partial charge is 0.228 e. The maximum Gasteiger partial charge on any atom is 0.228 e. The zero-order chi connectivity index (χ0) is 14.4. The number of rotatable bonds is 6. The van der Waals surface area contributed by atoms with Crippen LogP contribution < -0.4 is 10.1 Å². The molecule has 1 aliphatic heterocycles. The first-order valence-corrected chi connectivity index (χ1v) is 8.47. The zero-order valence-corrected chi connectivity index (χ0v) is 13.0. The third-order valence-corrected chi connectivity index (χ3v) is 4.50. The Hall–Kier alpha value is -1.16. The number of carbonyl (C=O) groups excluding carboxylic acids is 1. The standard InChI is InChI=1S/C16H23NO2S/c1-3-20-11-9-12(2)17-16(18)14-8-10-19-15-7-5-4-6-13(14)15/h4-7,12,14H,3,8-11H2,1-2H3,(H,17,18)/t12-,14+/m0/s1. The lowest BCUT2D eigenvalue weighted by Gasteiger charge is -2.26. The Balaban J connectivity index is 1.93. The highest BCUT2D eigenvalue weighted by Gasteiger charge is 2.27. The van der Waals surface area contributed by atoms with Crippen molar-refractivity contribution in [1.82, 2.24) is 5.32 Å². The van der Waals surface area contributed by atoms with Crippen LogP contribution in [0.15, 0.2) is 24.3 Å². The lowest BCUT2D eigenvalue weighted by atomic mass is 9.92. The third kappa shape index (κ3) is 3.92. The molecule has 1 aliphatic rings. The van der Waals surface area contributed by atoms with Crippen LogP contribution >= 0.6 is 11.8 Å². The molecule has 1 aromatic carbocycles. The second kappa shape index (κ2) is 7.58. The number of hydrogen-bond acceptors (Lipinski definition) is 3. The van der Waals surface area contributed by atoms with Crippen molar-refractivity contribution in [2.75, 3.05) is 18.1 Å². The van der Waals surface area contributed by atoms with E-state index in [-0.39, 0.29) is 17.9 Å². The fourth-order valence-corrected chi connectivity index (χ4v) is 3.24. The molecule has 0 saturated heterocycles. The van der Waals surface area contributed by atoms with Gasteiger partial charge < -0.3 is 10.1 Å². The van der Waals surface area contributed by atoms with Gasteiger partial charge >= 0.3 is 0 Å². The maximum absolute atomic E-state index is 12.4. The van der Waals surface area contributed by atoms with E-state index < -0.39 is 0 Å². The molecule has 20 heavy (non-hydrogen) atoms. The molecular formula is C16H23NO2S. The van der Waals surface area contributed by atoms with E-state index in [0.29, 0.717) is 6.61 Å². The van der Waals surface area contributed by atoms with Crippen LogP contribution in [0.25, 0.3) is 0 Å². The molecule has 1 N–H and O–H groups in total. The predicted molar refractivity (Wildman–Crippen MR) is 84.5 cm³/mol. The first-order valence-electron chi connectivity index (χ1n) is 7.32. The van der Waals surface area contributed by atoms with Crippen molar-refractivity contribution >= 4 is 17.7 Å². The van der Waals surface area contributed by atoms with Gasteiger partial charge in [0, 0.05) is 11.6 Å². The molecule has 0 spiro atoms. The van der Waals surface area contributed by atoms with Crippen molar-refractivity contribution in [3.05, 3.63) is 29.8 Å². The van der Waals surface area contributed by atoms with Crippen LogP contribution in [0.2, 0.25) is 0 Å². The van der Waals surface area contributed by atoms with Crippen molar-refractivity contribution in [1.29, 1.82) is 0 Å². The Kier molecular flexibility index (Phi) is 5.77. The highest BCUT2D eigenvalue weighted by Crippen LogP contribution is 2.33. The summed E-state index contributed by atoms with van der Waals surface area (Å²) in [6.45, 7) is 4.86. The number of carbonyl (C=O) groups is 1. The monoisotopic (exact) mass is 293 g/mol. The molecule has 2 atom stereocenters. The van der Waals surface area contributed by atoms with Gasteiger partial charge in [0.05, 0.1) is 12.5 Å². The number of fused-ring (bicyclic) bond motifs is 1. The minimum absolute atomic E-state index is 0.0683. The number of nitrogens with one attached hydrogen (secondary N) is 1. The third-order valence-electron chi connectivity index (χ3n) is 3.56. The number of ether oxygens (including phenoxy) is 1. The fraction of sp³-hybridized carbons (Fsp3) is 0.562. The average Bonchev–Trinajstić information content (AvgIpc) is 2.47. The summed E-state index contributed by atoms with van der Waals surface area (Å²) in [4.78, 5) is 12.4. The quantitative estimate of drug-likeness (QED) is 0.819. The molecule has 0 fully saturated rings. The van der Waals surface area contributed by atoms with E-state index in [9.17, 15) is 4.79 Å². The number of hydrogen-bond donors (Lipinski definition) is 1. The number of amides is 1. The summed E-state index contributed by atoms with van der Waals surface area (Å²) < 4.78 is 5.60. The normalized spacial score (nSPS) is 18.8. The van der Waals surface area contributed by atoms with Crippen LogP contribution in [0.3, 0.4) is 0 Å². The molecule has 0 aromatic heterocycles. The summed E-state index contributed by atoms with van der Waals surface area (Å²) in [6.07, 6.45) is 1.79. The van der Waals surface area contributed by atoms with Crippen LogP contribution in [0.4, 0.5) is 0 Å². The Morgan fingerprint density at radius 1 is 1.50 bits per heavy atom. The van der Waals surface area contributed by atoms with Crippen molar-refractivity contribution in [3.63, 3.8) is 0 Å². The molecule has 0 radical (unpaired) electrons. The summed E-state index contributed by atoms with van der Waals surface area (Å²) in [6, 6.07) is 8.09. The molecule has 1 heterocycles. The van der Waals surface area contributed by atoms with E-state index in [2.05, 4.69) is 19.2 Å². The van der Waals surface area contributed by atoms with Gasteiger partial charge in [0.25, 0.3) is 0 Å². The van der Waals surface area contributed by atoms with Gasteiger partial charge in [0.15, 0.2) is 0 Å². The molecule has 1 amide bonds. The Bertz CT molecular complexity index is 450. The molecule has 1 aromatic rings. The van der Waals surface area contributed by atoms with Crippen molar-refractivity contribution in [2.24, 2.45) is 0 Å². The average molecular weight is 293 g/mol. The van der Waals surface area contributed by atoms with Gasteiger partial charge in [-0.15, -0.1) is 0 Å². The molecule has 0 aliphatic carbocycles. The SMILES string of the molecule is CCSCC[C@H](C)NC(=O)[C@@H]1CCOc2ccccc21. The Labute approximate surface area is 125 Å². The lowest BCUT2D eigenvalue weighted by Crippen LogP contribution is -2.38. The molecule has 110 valence electrons. The van der Waals surface area contributed by atoms with E-state index >= 15 is 0 Å². The second-order valence-electron chi connectivity index (χ2n) is 5.12. The van der Waals surface area contributed by atoms with E-state index in [0.717, 1.165) is 35.7 Å². The number of para-hydroxylation sites is 1. The van der Waals surface area contributed by atoms with E-state index in [4.69, 9.17) is 4.74 Å². The summed E-state index contributed by atoms with van der Waals surface area (Å²) in [5.74, 6) is 3.15. The first-order chi connectivity index (χ1) is 9.72. The summed E-state index contributed by atoms with van der Waals surface area (Å²) in [7, 11) is 0. The van der Waals surface area contributed by atoms with Crippen molar-refractivity contribution < 1.29 is 9.53 Å². The fourth-order valence-electron chi connectivity index (χ4n) is 2.43. The maximum atomic E-state index is 12.4. The predicted octanol–water partition coefficient (Wildman–Crippen LogP) is 3.20. The summed E-state index contributed by atoms with van der Waals surface area (Å²) >= 11 is 1.92. The molecule has 4 heteroatoms. The highest BCUT2D eigenvalue weighted by molar-refractivity contribution is 7.99. The molecule has 0 unspecified atom stereocenters. The van der Waals surface area contributed by atoms with Gasteiger partial charge in [-0.25, -0.2) is 0 Å². The second-order valence-corrected chi connectivity index (χ2v) is 6.52. The van der Waals surface area contributed by atoms with Gasteiger partial charge in [-0.2, -0.15) is 11.8 Å². The van der Waals surface area contributed by atoms with Gasteiger partial charge in [0.2, 0.25) is 5.91 Å². The van der Waals surface area contributed by atoms with Gasteiger partial charge in [0.1, 0.15) is 5.75 Å². The minimum atomic E-state index is -0.0683. The van der Waals surface area contributed by atoms with Crippen LogP contribution in [0.1, 0.15) is 38.2 Å². The van der Waals surface area contributed by atoms with Crippen molar-refractivity contribution in [2.45, 2.75) is 38.6 Å². The van der Waals surface area contributed by atoms with Gasteiger partial charge in [-0.3, -0.25) is 4.79 Å². The largest absolute Gasteiger partial charge is 0.493 e. The van der Waals surface area contributed by atoms with Crippen LogP contribution in [-0.2, 0) is 4.79 Å². The van der Waals surface area contributed by atoms with E-state index in [1.165, 1.54) is 0 Å². The topological polar surface area (TPSA) is 38.3 Å². The zero-order valence-electron chi connectivity index (χ0n) is 12.2. The number of benzene rings is 1. The van der Waals surface area contributed by atoms with Crippen LogP contribution in [0.5, 0.6) is 5.75 Å². The first kappa shape index (κ1) is 15.2. The van der Waals surface area contributed by atoms with Gasteiger partial charge in [-0.05, 0) is 37.3 Å². The van der Waals surface area contributed by atoms with Crippen LogP contribution in [0, 0.1) is 0 Å².